The van der Waals surface area contributed by atoms with Crippen LogP contribution >= 0.6 is 11.6 Å². The number of hydrogen-bond acceptors (Lipinski definition) is 3. The molecule has 0 unspecified atom stereocenters. The third-order valence-corrected chi connectivity index (χ3v) is 5.52. The first-order valence-electron chi connectivity index (χ1n) is 9.93. The molecule has 0 radical (unpaired) electrons. The Balaban J connectivity index is 1.80. The number of halogens is 4. The van der Waals surface area contributed by atoms with E-state index in [-0.39, 0.29) is 18.3 Å². The third kappa shape index (κ3) is 5.74. The lowest BCUT2D eigenvalue weighted by Gasteiger charge is -2.28. The zero-order valence-corrected chi connectivity index (χ0v) is 18.0. The van der Waals surface area contributed by atoms with Crippen LogP contribution < -0.4 is 5.32 Å². The lowest BCUT2D eigenvalue weighted by atomic mass is 10.1. The first kappa shape index (κ1) is 23.0. The van der Waals surface area contributed by atoms with Crippen molar-refractivity contribution in [1.29, 1.82) is 0 Å². The molecule has 0 fully saturated rings. The van der Waals surface area contributed by atoms with Gasteiger partial charge in [-0.15, -0.1) is 0 Å². The van der Waals surface area contributed by atoms with E-state index in [2.05, 4.69) is 10.3 Å². The quantitative estimate of drug-likeness (QED) is 0.440. The molecule has 0 aliphatic heterocycles. The second-order valence-electron chi connectivity index (χ2n) is 7.38. The first-order valence-corrected chi connectivity index (χ1v) is 10.3. The van der Waals surface area contributed by atoms with Crippen LogP contribution in [0, 0.1) is 0 Å². The molecule has 1 atom stereocenters. The Morgan fingerprint density at radius 3 is 2.55 bits per heavy atom. The summed E-state index contributed by atoms with van der Waals surface area (Å²) in [5.41, 5.74) is 0.395. The molecular weight excluding hydrogens is 427 g/mol. The summed E-state index contributed by atoms with van der Waals surface area (Å²) in [6.07, 6.45) is -3.80. The fourth-order valence-corrected chi connectivity index (χ4v) is 3.51. The molecule has 0 aliphatic rings. The normalized spacial score (nSPS) is 12.9. The zero-order valence-electron chi connectivity index (χ0n) is 17.2. The van der Waals surface area contributed by atoms with Crippen LogP contribution in [0.3, 0.4) is 0 Å². The van der Waals surface area contributed by atoms with E-state index in [1.807, 2.05) is 49.1 Å². The Bertz CT molecular complexity index is 1070. The van der Waals surface area contributed by atoms with Gasteiger partial charge in [0.25, 0.3) is 0 Å². The maximum absolute atomic E-state index is 13.2. The number of rotatable bonds is 7. The van der Waals surface area contributed by atoms with Crippen LogP contribution in [-0.2, 0) is 17.5 Å². The predicted octanol–water partition coefficient (Wildman–Crippen LogP) is 6.15. The lowest BCUT2D eigenvalue weighted by Crippen LogP contribution is -2.39. The summed E-state index contributed by atoms with van der Waals surface area (Å²) >= 11 is 6.37. The minimum atomic E-state index is -4.55. The standard InChI is InChI=1S/C23H23ClF3N3O/c1-3-15(2)30(13-17-12-16-8-4-6-10-19(16)29-22(17)24)14-21(31)28-20-11-7-5-9-18(20)23(25,26)27/h4-12,15H,3,13-14H2,1-2H3,(H,28,31)/t15-/m0/s1. The molecule has 0 spiro atoms. The van der Waals surface area contributed by atoms with Crippen LogP contribution in [-0.4, -0.2) is 28.4 Å². The van der Waals surface area contributed by atoms with Gasteiger partial charge in [-0.3, -0.25) is 9.69 Å². The Hall–Kier alpha value is -2.64. The number of fused-ring (bicyclic) bond motifs is 1. The second-order valence-corrected chi connectivity index (χ2v) is 7.74. The number of carbonyl (C=O) groups excluding carboxylic acids is 1. The van der Waals surface area contributed by atoms with Crippen molar-refractivity contribution in [2.75, 3.05) is 11.9 Å². The topological polar surface area (TPSA) is 45.2 Å². The van der Waals surface area contributed by atoms with E-state index in [1.54, 1.807) is 0 Å². The van der Waals surface area contributed by atoms with Crippen LogP contribution in [0.25, 0.3) is 10.9 Å². The molecule has 0 bridgehead atoms. The molecule has 0 saturated heterocycles. The molecule has 4 nitrogen and oxygen atoms in total. The minimum Gasteiger partial charge on any atom is -0.324 e. The molecule has 1 amide bonds. The molecule has 0 saturated carbocycles. The number of nitrogens with one attached hydrogen (secondary N) is 1. The second kappa shape index (κ2) is 9.66. The minimum absolute atomic E-state index is 0.00569. The molecule has 1 aromatic heterocycles. The summed E-state index contributed by atoms with van der Waals surface area (Å²) in [6.45, 7) is 4.21. The predicted molar refractivity (Wildman–Crippen MR) is 117 cm³/mol. The van der Waals surface area contributed by atoms with Crippen LogP contribution in [0.15, 0.2) is 54.6 Å². The average Bonchev–Trinajstić information content (AvgIpc) is 2.72. The van der Waals surface area contributed by atoms with Crippen molar-refractivity contribution in [2.24, 2.45) is 0 Å². The van der Waals surface area contributed by atoms with Gasteiger partial charge in [-0.2, -0.15) is 13.2 Å². The number of para-hydroxylation sites is 2. The van der Waals surface area contributed by atoms with E-state index in [0.29, 0.717) is 11.7 Å². The molecule has 8 heteroatoms. The van der Waals surface area contributed by atoms with E-state index in [9.17, 15) is 18.0 Å². The Morgan fingerprint density at radius 2 is 1.84 bits per heavy atom. The van der Waals surface area contributed by atoms with E-state index in [0.717, 1.165) is 29.0 Å². The highest BCUT2D eigenvalue weighted by molar-refractivity contribution is 6.30. The maximum atomic E-state index is 13.2. The molecule has 31 heavy (non-hydrogen) atoms. The van der Waals surface area contributed by atoms with Gasteiger partial charge < -0.3 is 5.32 Å². The van der Waals surface area contributed by atoms with Crippen molar-refractivity contribution in [3.63, 3.8) is 0 Å². The van der Waals surface area contributed by atoms with Gasteiger partial charge in [-0.1, -0.05) is 48.9 Å². The summed E-state index contributed by atoms with van der Waals surface area (Å²) in [6, 6.07) is 14.4. The van der Waals surface area contributed by atoms with Crippen molar-refractivity contribution >= 4 is 34.1 Å². The number of aromatic nitrogens is 1. The van der Waals surface area contributed by atoms with E-state index in [1.165, 1.54) is 18.2 Å². The highest BCUT2D eigenvalue weighted by Gasteiger charge is 2.33. The van der Waals surface area contributed by atoms with Gasteiger partial charge in [-0.25, -0.2) is 4.98 Å². The number of pyridine rings is 1. The van der Waals surface area contributed by atoms with Gasteiger partial charge in [-0.05, 0) is 37.6 Å². The van der Waals surface area contributed by atoms with Crippen LogP contribution in [0.5, 0.6) is 0 Å². The fourth-order valence-electron chi connectivity index (χ4n) is 3.31. The van der Waals surface area contributed by atoms with Crippen LogP contribution in [0.1, 0.15) is 31.4 Å². The molecular formula is C23H23ClF3N3O. The summed E-state index contributed by atoms with van der Waals surface area (Å²) in [5.74, 6) is -0.526. The van der Waals surface area contributed by atoms with Gasteiger partial charge in [0.05, 0.1) is 23.3 Å². The zero-order chi connectivity index (χ0) is 22.6. The molecule has 2 aromatic carbocycles. The number of hydrogen-bond donors (Lipinski definition) is 1. The highest BCUT2D eigenvalue weighted by atomic mass is 35.5. The largest absolute Gasteiger partial charge is 0.418 e. The SMILES string of the molecule is CC[C@H](C)N(CC(=O)Nc1ccccc1C(F)(F)F)Cc1cc2ccccc2nc1Cl. The van der Waals surface area contributed by atoms with E-state index < -0.39 is 17.6 Å². The number of amides is 1. The van der Waals surface area contributed by atoms with Crippen molar-refractivity contribution < 1.29 is 18.0 Å². The van der Waals surface area contributed by atoms with Gasteiger partial charge in [0.2, 0.25) is 5.91 Å². The van der Waals surface area contributed by atoms with E-state index >= 15 is 0 Å². The molecule has 164 valence electrons. The van der Waals surface area contributed by atoms with Gasteiger partial charge >= 0.3 is 6.18 Å². The summed E-state index contributed by atoms with van der Waals surface area (Å²) in [5, 5.41) is 3.68. The summed E-state index contributed by atoms with van der Waals surface area (Å²) in [7, 11) is 0. The monoisotopic (exact) mass is 449 g/mol. The number of alkyl halides is 3. The number of benzene rings is 2. The van der Waals surface area contributed by atoms with Crippen molar-refractivity contribution in [3.05, 3.63) is 70.9 Å². The summed E-state index contributed by atoms with van der Waals surface area (Å²) < 4.78 is 39.7. The number of anilines is 1. The van der Waals surface area contributed by atoms with Crippen LogP contribution in [0.4, 0.5) is 18.9 Å². The Kier molecular flexibility index (Phi) is 7.18. The van der Waals surface area contributed by atoms with Crippen molar-refractivity contribution in [1.82, 2.24) is 9.88 Å². The van der Waals surface area contributed by atoms with Gasteiger partial charge in [0, 0.05) is 23.5 Å². The average molecular weight is 450 g/mol. The molecule has 3 aromatic rings. The maximum Gasteiger partial charge on any atom is 0.418 e. The van der Waals surface area contributed by atoms with Crippen molar-refractivity contribution in [3.8, 4) is 0 Å². The first-order chi connectivity index (χ1) is 14.7. The van der Waals surface area contributed by atoms with Gasteiger partial charge in [0.15, 0.2) is 0 Å². The number of nitrogens with zero attached hydrogens (tertiary/aromatic N) is 2. The smallest absolute Gasteiger partial charge is 0.324 e. The Labute approximate surface area is 184 Å². The van der Waals surface area contributed by atoms with Crippen molar-refractivity contribution in [2.45, 2.75) is 39.0 Å². The molecule has 0 aliphatic carbocycles. The fraction of sp³-hybridized carbons (Fsp3) is 0.304. The van der Waals surface area contributed by atoms with Crippen LogP contribution in [0.2, 0.25) is 5.15 Å². The summed E-state index contributed by atoms with van der Waals surface area (Å²) in [4.78, 5) is 18.9. The Morgan fingerprint density at radius 1 is 1.16 bits per heavy atom. The van der Waals surface area contributed by atoms with Gasteiger partial charge in [0.1, 0.15) is 5.15 Å². The lowest BCUT2D eigenvalue weighted by molar-refractivity contribution is -0.137. The molecule has 1 N–H and O–H groups in total. The molecule has 3 rings (SSSR count). The number of carbonyl (C=O) groups is 1. The third-order valence-electron chi connectivity index (χ3n) is 5.19. The van der Waals surface area contributed by atoms with E-state index in [4.69, 9.17) is 11.6 Å². The highest BCUT2D eigenvalue weighted by Crippen LogP contribution is 2.34. The molecule has 1 heterocycles.